The van der Waals surface area contributed by atoms with Crippen molar-refractivity contribution in [2.24, 2.45) is 15.9 Å². The van der Waals surface area contributed by atoms with E-state index in [0.29, 0.717) is 62.5 Å². The number of nitrogens with zero attached hydrogens (tertiary/aromatic N) is 5. The number of fused-ring (bicyclic) bond motifs is 1. The van der Waals surface area contributed by atoms with Crippen molar-refractivity contribution in [2.45, 2.75) is 70.2 Å². The molecule has 3 aliphatic rings. The molecule has 40 heavy (non-hydrogen) atoms. The van der Waals surface area contributed by atoms with Crippen molar-refractivity contribution in [3.63, 3.8) is 0 Å². The van der Waals surface area contributed by atoms with Crippen LogP contribution in [0.1, 0.15) is 64.9 Å². The van der Waals surface area contributed by atoms with Gasteiger partial charge in [0.1, 0.15) is 5.75 Å². The molecule has 0 radical (unpaired) electrons. The molecule has 0 bridgehead atoms. The zero-order valence-corrected chi connectivity index (χ0v) is 24.1. The highest BCUT2D eigenvalue weighted by Gasteiger charge is 2.39. The first kappa shape index (κ1) is 29.7. The average molecular weight is 576 g/mol. The SMILES string of the molecule is CCCOc1ccc(S(=O)(=O)N2CCC(CCO[N+](=O)[O-])CC2)cc1C1=NC(=O)C2C(=N1)C(CCC)=CN2CC. The molecule has 4 rings (SSSR count). The minimum atomic E-state index is -3.85. The largest absolute Gasteiger partial charge is 0.493 e. The number of ether oxygens (including phenoxy) is 1. The van der Waals surface area contributed by atoms with Crippen LogP contribution < -0.4 is 4.74 Å². The van der Waals surface area contributed by atoms with Crippen LogP contribution in [0.4, 0.5) is 0 Å². The molecule has 218 valence electrons. The summed E-state index contributed by atoms with van der Waals surface area (Å²) >= 11 is 0. The van der Waals surface area contributed by atoms with Gasteiger partial charge in [-0.25, -0.2) is 13.4 Å². The number of likely N-dealkylation sites (N-methyl/N-ethyl adjacent to an activating group) is 1. The summed E-state index contributed by atoms with van der Waals surface area (Å²) in [6.45, 7) is 7.68. The summed E-state index contributed by atoms with van der Waals surface area (Å²) in [4.78, 5) is 39.2. The third-order valence-electron chi connectivity index (χ3n) is 7.39. The predicted octanol–water partition coefficient (Wildman–Crippen LogP) is 3.59. The smallest absolute Gasteiger partial charge is 0.294 e. The number of rotatable bonds is 13. The molecule has 0 spiro atoms. The predicted molar refractivity (Wildman–Crippen MR) is 149 cm³/mol. The number of amides is 1. The molecule has 1 unspecified atom stereocenters. The summed E-state index contributed by atoms with van der Waals surface area (Å²) in [5.41, 5.74) is 2.02. The first-order valence-corrected chi connectivity index (χ1v) is 15.4. The molecule has 1 aromatic rings. The Morgan fingerprint density at radius 1 is 1.10 bits per heavy atom. The Bertz CT molecular complexity index is 1320. The summed E-state index contributed by atoms with van der Waals surface area (Å²) in [7, 11) is -3.85. The average Bonchev–Trinajstić information content (AvgIpc) is 3.30. The number of hydrogen-bond acceptors (Lipinski definition) is 9. The molecule has 12 nitrogen and oxygen atoms in total. The maximum Gasteiger partial charge on any atom is 0.294 e. The van der Waals surface area contributed by atoms with Crippen molar-refractivity contribution in [2.75, 3.05) is 32.8 Å². The highest BCUT2D eigenvalue weighted by Crippen LogP contribution is 2.32. The van der Waals surface area contributed by atoms with Gasteiger partial charge in [0.15, 0.2) is 11.9 Å². The summed E-state index contributed by atoms with van der Waals surface area (Å²) in [6.07, 6.45) is 6.07. The number of carbonyl (C=O) groups excluding carboxylic acids is 1. The molecule has 1 amide bonds. The minimum Gasteiger partial charge on any atom is -0.493 e. The van der Waals surface area contributed by atoms with Crippen LogP contribution in [0.3, 0.4) is 0 Å². The molecule has 3 aliphatic heterocycles. The van der Waals surface area contributed by atoms with Crippen molar-refractivity contribution in [3.05, 3.63) is 45.6 Å². The fourth-order valence-electron chi connectivity index (χ4n) is 5.29. The molecular formula is C27H37N5O7S. The lowest BCUT2D eigenvalue weighted by Crippen LogP contribution is -2.42. The van der Waals surface area contributed by atoms with Crippen LogP contribution in [0, 0.1) is 16.0 Å². The van der Waals surface area contributed by atoms with Crippen molar-refractivity contribution in [1.29, 1.82) is 0 Å². The van der Waals surface area contributed by atoms with Crippen LogP contribution in [-0.2, 0) is 19.7 Å². The Labute approximate surface area is 234 Å². The first-order chi connectivity index (χ1) is 19.2. The lowest BCUT2D eigenvalue weighted by Gasteiger charge is -2.31. The Balaban J connectivity index is 1.61. The van der Waals surface area contributed by atoms with E-state index < -0.39 is 21.2 Å². The van der Waals surface area contributed by atoms with Crippen molar-refractivity contribution in [3.8, 4) is 5.75 Å². The van der Waals surface area contributed by atoms with Gasteiger partial charge < -0.3 is 14.5 Å². The number of hydrogen-bond donors (Lipinski definition) is 0. The Hall–Kier alpha value is -3.32. The summed E-state index contributed by atoms with van der Waals surface area (Å²) in [5.74, 6) is 0.398. The summed E-state index contributed by atoms with van der Waals surface area (Å²) in [6, 6.07) is 4.07. The molecular weight excluding hydrogens is 538 g/mol. The molecule has 0 aliphatic carbocycles. The number of amidine groups is 1. The molecule has 13 heteroatoms. The second-order valence-corrected chi connectivity index (χ2v) is 12.0. The summed E-state index contributed by atoms with van der Waals surface area (Å²) < 4.78 is 34.6. The molecule has 0 saturated carbocycles. The standard InChI is InChI=1S/C27H37N5O7S/c1-4-7-20-18-30(6-3)25-24(20)28-26(29-27(25)33)22-17-21(8-9-23(22)38-15-5-2)40(36,37)31-13-10-19(11-14-31)12-16-39-32(34)35/h8-9,17-19,25H,4-7,10-16H2,1-3H3. The fourth-order valence-corrected chi connectivity index (χ4v) is 6.79. The van der Waals surface area contributed by atoms with E-state index in [0.717, 1.165) is 24.8 Å². The van der Waals surface area contributed by atoms with Crippen LogP contribution in [0.15, 0.2) is 44.9 Å². The van der Waals surface area contributed by atoms with Gasteiger partial charge in [0, 0.05) is 25.8 Å². The highest BCUT2D eigenvalue weighted by molar-refractivity contribution is 7.89. The molecule has 3 heterocycles. The van der Waals surface area contributed by atoms with E-state index in [1.807, 2.05) is 24.9 Å². The Kier molecular flexibility index (Phi) is 9.56. The van der Waals surface area contributed by atoms with Gasteiger partial charge in [-0.3, -0.25) is 4.79 Å². The number of sulfonamides is 1. The van der Waals surface area contributed by atoms with Crippen LogP contribution in [-0.4, -0.2) is 79.1 Å². The van der Waals surface area contributed by atoms with Gasteiger partial charge in [-0.15, -0.1) is 10.1 Å². The maximum atomic E-state index is 13.6. The molecule has 0 aromatic heterocycles. The summed E-state index contributed by atoms with van der Waals surface area (Å²) in [5, 5.41) is 9.59. The van der Waals surface area contributed by atoms with Crippen LogP contribution in [0.5, 0.6) is 5.75 Å². The second-order valence-electron chi connectivity index (χ2n) is 10.1. The first-order valence-electron chi connectivity index (χ1n) is 13.9. The fraction of sp³-hybridized carbons (Fsp3) is 0.593. The zero-order chi connectivity index (χ0) is 28.9. The van der Waals surface area contributed by atoms with E-state index in [2.05, 4.69) is 16.8 Å². The van der Waals surface area contributed by atoms with Gasteiger partial charge in [0.25, 0.3) is 11.0 Å². The van der Waals surface area contributed by atoms with Crippen LogP contribution >= 0.6 is 0 Å². The van der Waals surface area contributed by atoms with Gasteiger partial charge >= 0.3 is 0 Å². The van der Waals surface area contributed by atoms with Gasteiger partial charge in [-0.2, -0.15) is 9.30 Å². The normalized spacial score (nSPS) is 20.1. The molecule has 0 N–H and O–H groups in total. The van der Waals surface area contributed by atoms with Crippen molar-refractivity contribution >= 4 is 27.5 Å². The van der Waals surface area contributed by atoms with Crippen molar-refractivity contribution in [1.82, 2.24) is 9.21 Å². The zero-order valence-electron chi connectivity index (χ0n) is 23.2. The van der Waals surface area contributed by atoms with E-state index >= 15 is 0 Å². The molecule has 1 saturated heterocycles. The third-order valence-corrected chi connectivity index (χ3v) is 9.28. The maximum absolute atomic E-state index is 13.6. The van der Waals surface area contributed by atoms with E-state index in [1.165, 1.54) is 16.4 Å². The van der Waals surface area contributed by atoms with Gasteiger partial charge in [0.05, 0.1) is 29.4 Å². The second kappa shape index (κ2) is 12.9. The van der Waals surface area contributed by atoms with Crippen LogP contribution in [0.2, 0.25) is 0 Å². The van der Waals surface area contributed by atoms with Gasteiger partial charge in [-0.05, 0) is 68.7 Å². The quantitative estimate of drug-likeness (QED) is 0.256. The van der Waals surface area contributed by atoms with Crippen LogP contribution in [0.25, 0.3) is 0 Å². The van der Waals surface area contributed by atoms with Crippen molar-refractivity contribution < 1.29 is 27.9 Å². The number of piperidine rings is 1. The number of aliphatic imine (C=N–C) groups is 2. The van der Waals surface area contributed by atoms with Gasteiger partial charge in [0.2, 0.25) is 10.0 Å². The Morgan fingerprint density at radius 3 is 2.50 bits per heavy atom. The third kappa shape index (κ3) is 6.35. The molecule has 1 atom stereocenters. The van der Waals surface area contributed by atoms with E-state index in [-0.39, 0.29) is 29.2 Å². The topological polar surface area (TPSA) is 144 Å². The molecule has 1 fully saturated rings. The van der Waals surface area contributed by atoms with E-state index in [1.54, 1.807) is 6.07 Å². The lowest BCUT2D eigenvalue weighted by molar-refractivity contribution is -0.758. The highest BCUT2D eigenvalue weighted by atomic mass is 32.2. The molecule has 1 aromatic carbocycles. The van der Waals surface area contributed by atoms with Gasteiger partial charge in [-0.1, -0.05) is 20.3 Å². The minimum absolute atomic E-state index is 0.00235. The number of benzene rings is 1. The monoisotopic (exact) mass is 575 g/mol. The van der Waals surface area contributed by atoms with E-state index in [9.17, 15) is 23.3 Å². The Morgan fingerprint density at radius 2 is 1.85 bits per heavy atom. The number of carbonyl (C=O) groups is 1. The van der Waals surface area contributed by atoms with E-state index in [4.69, 9.17) is 9.73 Å². The lowest BCUT2D eigenvalue weighted by atomic mass is 9.95.